The van der Waals surface area contributed by atoms with Crippen molar-refractivity contribution >= 4 is 35.0 Å². The van der Waals surface area contributed by atoms with E-state index in [4.69, 9.17) is 21.1 Å². The number of hydrogen-bond donors (Lipinski definition) is 1. The van der Waals surface area contributed by atoms with E-state index < -0.39 is 0 Å². The summed E-state index contributed by atoms with van der Waals surface area (Å²) in [6.07, 6.45) is 1.56. The van der Waals surface area contributed by atoms with E-state index in [0.717, 1.165) is 4.90 Å². The molecule has 0 fully saturated rings. The molecule has 0 spiro atoms. The van der Waals surface area contributed by atoms with Gasteiger partial charge in [0.25, 0.3) is 0 Å². The van der Waals surface area contributed by atoms with Crippen molar-refractivity contribution in [2.75, 3.05) is 19.0 Å². The van der Waals surface area contributed by atoms with Crippen molar-refractivity contribution in [2.24, 2.45) is 0 Å². The number of carbonyl (C=O) groups is 1. The molecular weight excluding hydrogens is 436 g/mol. The first-order chi connectivity index (χ1) is 15.0. The summed E-state index contributed by atoms with van der Waals surface area (Å²) in [6.45, 7) is 2.40. The quantitative estimate of drug-likeness (QED) is 0.464. The number of anilines is 1. The van der Waals surface area contributed by atoms with E-state index in [1.54, 1.807) is 34.7 Å². The Morgan fingerprint density at radius 2 is 1.87 bits per heavy atom. The SMILES string of the molecule is CCOc1ccccc1NC(=O)Cn1cc(OC)c(=O)cc1CSc1ccc(Cl)cc1. The first kappa shape index (κ1) is 22.8. The van der Waals surface area contributed by atoms with E-state index in [1.807, 2.05) is 43.3 Å². The number of thioether (sulfide) groups is 1. The number of benzene rings is 2. The Labute approximate surface area is 190 Å². The van der Waals surface area contributed by atoms with Gasteiger partial charge in [0.2, 0.25) is 11.3 Å². The number of rotatable bonds is 9. The average Bonchev–Trinajstić information content (AvgIpc) is 2.76. The minimum atomic E-state index is -0.240. The van der Waals surface area contributed by atoms with Crippen LogP contribution in [-0.4, -0.2) is 24.2 Å². The summed E-state index contributed by atoms with van der Waals surface area (Å²) in [6, 6.07) is 16.2. The number of nitrogens with zero attached hydrogens (tertiary/aromatic N) is 1. The lowest BCUT2D eigenvalue weighted by Gasteiger charge is -2.16. The second-order valence-electron chi connectivity index (χ2n) is 6.55. The molecule has 31 heavy (non-hydrogen) atoms. The molecular formula is C23H23ClN2O4S. The lowest BCUT2D eigenvalue weighted by Crippen LogP contribution is -2.23. The van der Waals surface area contributed by atoms with Gasteiger partial charge in [-0.05, 0) is 43.3 Å². The van der Waals surface area contributed by atoms with Crippen molar-refractivity contribution in [3.8, 4) is 11.5 Å². The van der Waals surface area contributed by atoms with Crippen LogP contribution in [0.5, 0.6) is 11.5 Å². The number of carbonyl (C=O) groups excluding carboxylic acids is 1. The minimum absolute atomic E-state index is 0.0214. The highest BCUT2D eigenvalue weighted by Gasteiger charge is 2.13. The predicted octanol–water partition coefficient (Wildman–Crippen LogP) is 4.84. The van der Waals surface area contributed by atoms with Gasteiger partial charge in [0, 0.05) is 27.4 Å². The van der Waals surface area contributed by atoms with Gasteiger partial charge in [-0.3, -0.25) is 9.59 Å². The molecule has 1 amide bonds. The summed E-state index contributed by atoms with van der Waals surface area (Å²) in [7, 11) is 1.43. The van der Waals surface area contributed by atoms with Crippen LogP contribution in [0.4, 0.5) is 5.69 Å². The maximum absolute atomic E-state index is 12.8. The molecule has 0 aliphatic heterocycles. The fourth-order valence-electron chi connectivity index (χ4n) is 2.90. The summed E-state index contributed by atoms with van der Waals surface area (Å²) in [5.41, 5.74) is 1.07. The van der Waals surface area contributed by atoms with Crippen LogP contribution in [0, 0.1) is 0 Å². The number of pyridine rings is 1. The Balaban J connectivity index is 1.79. The number of ether oxygens (including phenoxy) is 2. The molecule has 1 heterocycles. The number of hydrogen-bond acceptors (Lipinski definition) is 5. The van der Waals surface area contributed by atoms with Crippen molar-refractivity contribution < 1.29 is 14.3 Å². The number of methoxy groups -OCH3 is 1. The van der Waals surface area contributed by atoms with Crippen molar-refractivity contribution in [1.82, 2.24) is 4.57 Å². The molecule has 0 saturated carbocycles. The molecule has 3 rings (SSSR count). The molecule has 0 atom stereocenters. The van der Waals surface area contributed by atoms with Gasteiger partial charge in [-0.1, -0.05) is 23.7 Å². The fourth-order valence-corrected chi connectivity index (χ4v) is 3.92. The Morgan fingerprint density at radius 3 is 2.58 bits per heavy atom. The van der Waals surface area contributed by atoms with E-state index in [-0.39, 0.29) is 23.6 Å². The normalized spacial score (nSPS) is 10.5. The molecule has 162 valence electrons. The van der Waals surface area contributed by atoms with Crippen molar-refractivity contribution in [2.45, 2.75) is 24.1 Å². The lowest BCUT2D eigenvalue weighted by molar-refractivity contribution is -0.116. The molecule has 0 unspecified atom stereocenters. The molecule has 0 bridgehead atoms. The molecule has 0 aliphatic rings. The molecule has 1 N–H and O–H groups in total. The summed E-state index contributed by atoms with van der Waals surface area (Å²) >= 11 is 7.49. The topological polar surface area (TPSA) is 69.6 Å². The Bertz CT molecular complexity index is 1100. The van der Waals surface area contributed by atoms with Crippen LogP contribution in [0.15, 0.2) is 70.5 Å². The predicted molar refractivity (Wildman–Crippen MR) is 125 cm³/mol. The zero-order chi connectivity index (χ0) is 22.2. The second kappa shape index (κ2) is 10.9. The van der Waals surface area contributed by atoms with Crippen LogP contribution in [0.3, 0.4) is 0 Å². The largest absolute Gasteiger partial charge is 0.492 e. The third kappa shape index (κ3) is 6.29. The van der Waals surface area contributed by atoms with E-state index in [0.29, 0.717) is 34.5 Å². The van der Waals surface area contributed by atoms with E-state index in [9.17, 15) is 9.59 Å². The monoisotopic (exact) mass is 458 g/mol. The summed E-state index contributed by atoms with van der Waals surface area (Å²) in [4.78, 5) is 26.1. The van der Waals surface area contributed by atoms with E-state index >= 15 is 0 Å². The summed E-state index contributed by atoms with van der Waals surface area (Å²) < 4.78 is 12.4. The number of amides is 1. The fraction of sp³-hybridized carbons (Fsp3) is 0.217. The van der Waals surface area contributed by atoms with E-state index in [2.05, 4.69) is 5.32 Å². The summed E-state index contributed by atoms with van der Waals surface area (Å²) in [5, 5.41) is 3.54. The van der Waals surface area contributed by atoms with Crippen LogP contribution >= 0.6 is 23.4 Å². The Morgan fingerprint density at radius 1 is 1.13 bits per heavy atom. The Hall–Kier alpha value is -2.90. The van der Waals surface area contributed by atoms with Crippen LogP contribution in [0.1, 0.15) is 12.6 Å². The van der Waals surface area contributed by atoms with Gasteiger partial charge in [0.05, 0.1) is 25.6 Å². The van der Waals surface area contributed by atoms with Gasteiger partial charge in [-0.15, -0.1) is 11.8 Å². The third-order valence-electron chi connectivity index (χ3n) is 4.38. The van der Waals surface area contributed by atoms with Crippen molar-refractivity contribution in [1.29, 1.82) is 0 Å². The molecule has 0 radical (unpaired) electrons. The van der Waals surface area contributed by atoms with Gasteiger partial charge in [0.1, 0.15) is 12.3 Å². The highest BCUT2D eigenvalue weighted by Crippen LogP contribution is 2.26. The van der Waals surface area contributed by atoms with Crippen LogP contribution in [-0.2, 0) is 17.1 Å². The van der Waals surface area contributed by atoms with Crippen molar-refractivity contribution in [3.05, 3.63) is 81.7 Å². The third-order valence-corrected chi connectivity index (χ3v) is 5.68. The smallest absolute Gasteiger partial charge is 0.244 e. The maximum atomic E-state index is 12.8. The number of aromatic nitrogens is 1. The molecule has 0 aliphatic carbocycles. The maximum Gasteiger partial charge on any atom is 0.244 e. The average molecular weight is 459 g/mol. The van der Waals surface area contributed by atoms with Crippen LogP contribution in [0.2, 0.25) is 5.02 Å². The van der Waals surface area contributed by atoms with Crippen LogP contribution in [0.25, 0.3) is 0 Å². The molecule has 8 heteroatoms. The summed E-state index contributed by atoms with van der Waals surface area (Å²) in [5.74, 6) is 1.05. The van der Waals surface area contributed by atoms with Gasteiger partial charge < -0.3 is 19.4 Å². The highest BCUT2D eigenvalue weighted by atomic mass is 35.5. The Kier molecular flexibility index (Phi) is 8.03. The number of para-hydroxylation sites is 2. The zero-order valence-electron chi connectivity index (χ0n) is 17.3. The van der Waals surface area contributed by atoms with Crippen molar-refractivity contribution in [3.63, 3.8) is 0 Å². The molecule has 2 aromatic carbocycles. The molecule has 1 aromatic heterocycles. The van der Waals surface area contributed by atoms with Gasteiger partial charge >= 0.3 is 0 Å². The number of halogens is 1. The standard InChI is InChI=1S/C23H23ClN2O4S/c1-3-30-21-7-5-4-6-19(21)25-23(28)14-26-13-22(29-2)20(27)12-17(26)15-31-18-10-8-16(24)9-11-18/h4-13H,3,14-15H2,1-2H3,(H,25,28). The first-order valence-electron chi connectivity index (χ1n) is 9.67. The second-order valence-corrected chi connectivity index (χ2v) is 8.03. The molecule has 6 nitrogen and oxygen atoms in total. The molecule has 0 saturated heterocycles. The highest BCUT2D eigenvalue weighted by molar-refractivity contribution is 7.98. The van der Waals surface area contributed by atoms with Gasteiger partial charge in [-0.25, -0.2) is 0 Å². The first-order valence-corrected chi connectivity index (χ1v) is 11.0. The number of nitrogens with one attached hydrogen (secondary N) is 1. The van der Waals surface area contributed by atoms with Gasteiger partial charge in [-0.2, -0.15) is 0 Å². The molecule has 3 aromatic rings. The zero-order valence-corrected chi connectivity index (χ0v) is 18.8. The minimum Gasteiger partial charge on any atom is -0.492 e. The van der Waals surface area contributed by atoms with E-state index in [1.165, 1.54) is 13.2 Å². The van der Waals surface area contributed by atoms with Gasteiger partial charge in [0.15, 0.2) is 5.75 Å². The lowest BCUT2D eigenvalue weighted by atomic mass is 10.3. The van der Waals surface area contributed by atoms with Crippen LogP contribution < -0.4 is 20.2 Å².